The molecule has 0 saturated heterocycles. The first kappa shape index (κ1) is 25.5. The summed E-state index contributed by atoms with van der Waals surface area (Å²) in [6.45, 7) is 0. The van der Waals surface area contributed by atoms with E-state index in [2.05, 4.69) is 91.0 Å². The first-order chi connectivity index (χ1) is 14.4. The monoisotopic (exact) mass is 574 g/mol. The number of rotatable bonds is 3. The zero-order valence-corrected chi connectivity index (χ0v) is 21.9. The molecule has 0 heterocycles. The summed E-state index contributed by atoms with van der Waals surface area (Å²) in [6.07, 6.45) is 20.0. The first-order valence-corrected chi connectivity index (χ1v) is 14.1. The third-order valence-electron chi connectivity index (χ3n) is 4.30. The van der Waals surface area contributed by atoms with Crippen molar-refractivity contribution >= 4 is 30.5 Å². The second kappa shape index (κ2) is 15.9. The Hall–Kier alpha value is -0.801. The number of hydrogen-bond acceptors (Lipinski definition) is 0. The van der Waals surface area contributed by atoms with Gasteiger partial charge in [-0.05, 0) is 64.2 Å². The second-order valence-corrected chi connectivity index (χ2v) is 13.5. The molecular weight excluding hydrogens is 548 g/mol. The Morgan fingerprint density at radius 3 is 0.700 bits per heavy atom. The molecule has 0 unspecified atom stereocenters. The van der Waals surface area contributed by atoms with Crippen molar-refractivity contribution in [2.75, 3.05) is 0 Å². The molecule has 5 rings (SSSR count). The van der Waals surface area contributed by atoms with E-state index in [1.54, 1.807) is 0 Å². The van der Waals surface area contributed by atoms with Crippen molar-refractivity contribution in [3.8, 4) is 0 Å². The molecule has 2 heteroatoms. The van der Waals surface area contributed by atoms with Gasteiger partial charge < -0.3 is 0 Å². The Bertz CT molecular complexity index is 646. The molecule has 3 aromatic rings. The van der Waals surface area contributed by atoms with Gasteiger partial charge in [-0.3, -0.25) is 0 Å². The summed E-state index contributed by atoms with van der Waals surface area (Å²) in [6, 6.07) is 32.9. The molecule has 144 valence electrons. The van der Waals surface area contributed by atoms with Gasteiger partial charge in [0.2, 0.25) is 0 Å². The fraction of sp³-hybridized carbons (Fsp3) is 0. The van der Waals surface area contributed by atoms with E-state index in [4.69, 9.17) is 0 Å². The van der Waals surface area contributed by atoms with Gasteiger partial charge in [-0.2, -0.15) is 0 Å². The predicted molar refractivity (Wildman–Crippen MR) is 127 cm³/mol. The van der Waals surface area contributed by atoms with Gasteiger partial charge in [0.25, 0.3) is 0 Å². The van der Waals surface area contributed by atoms with Gasteiger partial charge in [-0.1, -0.05) is 0 Å². The van der Waals surface area contributed by atoms with Gasteiger partial charge in [0.15, 0.2) is 0 Å². The van der Waals surface area contributed by atoms with Gasteiger partial charge in [0.1, 0.15) is 0 Å². The average Bonchev–Trinajstić information content (AvgIpc) is 3.55. The molecule has 0 aliphatic heterocycles. The molecule has 0 nitrogen and oxygen atoms in total. The van der Waals surface area contributed by atoms with Crippen LogP contribution < -0.4 is 10.7 Å². The SMILES string of the molecule is [CH]1[CH][CH][CH][CH]1.[CH]1[CH][CH][CH][CH]1.[Nb+2].c1cc[c]([Sn]([c]2ccccc2)[c]2ccccc2)cc1. The molecule has 0 aromatic heterocycles. The maximum absolute atomic E-state index is 2.29. The van der Waals surface area contributed by atoms with Crippen molar-refractivity contribution in [1.29, 1.82) is 0 Å². The molecule has 30 heavy (non-hydrogen) atoms. The van der Waals surface area contributed by atoms with Crippen LogP contribution in [0.3, 0.4) is 0 Å². The predicted octanol–water partition coefficient (Wildman–Crippen LogP) is 4.24. The van der Waals surface area contributed by atoms with Crippen LogP contribution in [0.2, 0.25) is 0 Å². The summed E-state index contributed by atoms with van der Waals surface area (Å²) in [4.78, 5) is 0. The molecular formula is C28H25NbSn+2. The van der Waals surface area contributed by atoms with Crippen molar-refractivity contribution in [2.45, 2.75) is 0 Å². The van der Waals surface area contributed by atoms with E-state index in [9.17, 15) is 0 Å². The van der Waals surface area contributed by atoms with E-state index in [-0.39, 0.29) is 22.4 Å². The zero-order valence-electron chi connectivity index (χ0n) is 16.9. The fourth-order valence-corrected chi connectivity index (χ4v) is 10.3. The van der Waals surface area contributed by atoms with E-state index in [1.807, 2.05) is 64.2 Å². The standard InChI is InChI=1S/3C6H5.2C5H5.Nb.Sn/c3*1-2-4-6-5-3-1;2*1-2-4-5-3-1;;/h3*1-5H;2*1-5H;;/q;;;;;+2;. The van der Waals surface area contributed by atoms with Gasteiger partial charge >= 0.3 is 144 Å². The number of hydrogen-bond donors (Lipinski definition) is 0. The molecule has 2 aliphatic rings. The Morgan fingerprint density at radius 2 is 0.500 bits per heavy atom. The molecule has 0 N–H and O–H groups in total. The maximum atomic E-state index is 2.29. The van der Waals surface area contributed by atoms with Crippen molar-refractivity contribution in [3.63, 3.8) is 0 Å². The van der Waals surface area contributed by atoms with Crippen molar-refractivity contribution in [2.24, 2.45) is 0 Å². The summed E-state index contributed by atoms with van der Waals surface area (Å²) in [7, 11) is 0. The van der Waals surface area contributed by atoms with E-state index in [0.29, 0.717) is 0 Å². The van der Waals surface area contributed by atoms with Gasteiger partial charge in [-0.25, -0.2) is 0 Å². The van der Waals surface area contributed by atoms with Crippen molar-refractivity contribution < 1.29 is 22.4 Å². The normalized spacial score (nSPS) is 14.7. The van der Waals surface area contributed by atoms with Crippen LogP contribution in [0.25, 0.3) is 0 Å². The van der Waals surface area contributed by atoms with Crippen molar-refractivity contribution in [1.82, 2.24) is 0 Å². The molecule has 2 saturated carbocycles. The van der Waals surface area contributed by atoms with Crippen LogP contribution >= 0.6 is 0 Å². The fourth-order valence-electron chi connectivity index (χ4n) is 2.96. The van der Waals surface area contributed by atoms with Crippen LogP contribution in [0, 0.1) is 64.2 Å². The van der Waals surface area contributed by atoms with Gasteiger partial charge in [0.05, 0.1) is 0 Å². The Labute approximate surface area is 206 Å². The topological polar surface area (TPSA) is 0 Å². The van der Waals surface area contributed by atoms with Crippen LogP contribution in [0.15, 0.2) is 91.0 Å². The average molecular weight is 573 g/mol. The molecule has 3 aromatic carbocycles. The molecule has 0 bridgehead atoms. The van der Waals surface area contributed by atoms with Crippen LogP contribution in [0.5, 0.6) is 0 Å². The van der Waals surface area contributed by atoms with E-state index >= 15 is 0 Å². The summed E-state index contributed by atoms with van der Waals surface area (Å²) >= 11 is -1.98. The summed E-state index contributed by atoms with van der Waals surface area (Å²) in [5, 5.41) is 0. The van der Waals surface area contributed by atoms with Crippen LogP contribution in [-0.2, 0) is 22.4 Å². The van der Waals surface area contributed by atoms with Crippen LogP contribution in [-0.4, -0.2) is 19.8 Å². The first-order valence-electron chi connectivity index (χ1n) is 9.82. The summed E-state index contributed by atoms with van der Waals surface area (Å²) in [5.74, 6) is 0. The second-order valence-electron chi connectivity index (χ2n) is 6.40. The van der Waals surface area contributed by atoms with E-state index in [1.165, 1.54) is 10.7 Å². The molecule has 0 atom stereocenters. The molecule has 0 amide bonds. The van der Waals surface area contributed by atoms with Gasteiger partial charge in [0, 0.05) is 0 Å². The van der Waals surface area contributed by atoms with Crippen LogP contribution in [0.1, 0.15) is 0 Å². The van der Waals surface area contributed by atoms with E-state index in [0.717, 1.165) is 0 Å². The summed E-state index contributed by atoms with van der Waals surface area (Å²) in [5.41, 5.74) is 0. The van der Waals surface area contributed by atoms with E-state index < -0.39 is 19.8 Å². The molecule has 0 spiro atoms. The molecule has 2 fully saturated rings. The van der Waals surface area contributed by atoms with Gasteiger partial charge in [-0.15, -0.1) is 0 Å². The van der Waals surface area contributed by atoms with Crippen molar-refractivity contribution in [3.05, 3.63) is 155 Å². The minimum absolute atomic E-state index is 0. The molecule has 2 aliphatic carbocycles. The van der Waals surface area contributed by atoms with Crippen LogP contribution in [0.4, 0.5) is 0 Å². The quantitative estimate of drug-likeness (QED) is 0.412. The minimum atomic E-state index is -1.98. The Balaban J connectivity index is 0.000000239. The summed E-state index contributed by atoms with van der Waals surface area (Å²) < 4.78 is 4.59. The zero-order chi connectivity index (χ0) is 20.0. The number of benzene rings is 3. The third-order valence-corrected chi connectivity index (χ3v) is 12.1. The molecule has 12 radical (unpaired) electrons. The Kier molecular flexibility index (Phi) is 13.5. The third kappa shape index (κ3) is 9.14. The Morgan fingerprint density at radius 1 is 0.300 bits per heavy atom.